The fourth-order valence-corrected chi connectivity index (χ4v) is 4.83. The third-order valence-corrected chi connectivity index (χ3v) is 7.37. The van der Waals surface area contributed by atoms with Crippen molar-refractivity contribution in [1.29, 1.82) is 0 Å². The van der Waals surface area contributed by atoms with E-state index in [-0.39, 0.29) is 4.90 Å². The minimum atomic E-state index is -3.97. The van der Waals surface area contributed by atoms with Gasteiger partial charge in [-0.25, -0.2) is 8.42 Å². The zero-order valence-corrected chi connectivity index (χ0v) is 19.3. The van der Waals surface area contributed by atoms with Gasteiger partial charge in [0.25, 0.3) is 0 Å². The molecule has 32 heavy (non-hydrogen) atoms. The molecule has 1 aliphatic carbocycles. The molecule has 0 spiro atoms. The van der Waals surface area contributed by atoms with E-state index >= 15 is 0 Å². The van der Waals surface area contributed by atoms with Crippen molar-refractivity contribution in [2.75, 3.05) is 5.32 Å². The Morgan fingerprint density at radius 2 is 1.88 bits per heavy atom. The van der Waals surface area contributed by atoms with Crippen molar-refractivity contribution < 1.29 is 17.7 Å². The summed E-state index contributed by atoms with van der Waals surface area (Å²) in [6.07, 6.45) is 2.06. The van der Waals surface area contributed by atoms with E-state index in [2.05, 4.69) is 20.2 Å². The van der Waals surface area contributed by atoms with Crippen molar-refractivity contribution in [1.82, 2.24) is 14.9 Å². The number of benzene rings is 2. The Morgan fingerprint density at radius 3 is 2.59 bits per heavy atom. The maximum Gasteiger partial charge on any atom is 0.242 e. The van der Waals surface area contributed by atoms with Gasteiger partial charge in [0.1, 0.15) is 0 Å². The van der Waals surface area contributed by atoms with Gasteiger partial charge in [0.2, 0.25) is 27.6 Å². The van der Waals surface area contributed by atoms with E-state index < -0.39 is 22.0 Å². The molecule has 168 valence electrons. The lowest BCUT2D eigenvalue weighted by atomic mass is 10.1. The molecule has 2 N–H and O–H groups in total. The van der Waals surface area contributed by atoms with Gasteiger partial charge in [0.05, 0.1) is 10.9 Å². The Labute approximate surface area is 187 Å². The molecule has 3 aromatic rings. The van der Waals surface area contributed by atoms with Gasteiger partial charge in [-0.05, 0) is 69.4 Å². The van der Waals surface area contributed by atoms with Gasteiger partial charge in [-0.3, -0.25) is 4.79 Å². The second-order valence-corrected chi connectivity index (χ2v) is 9.97. The van der Waals surface area contributed by atoms with E-state index in [1.54, 1.807) is 25.1 Å². The van der Waals surface area contributed by atoms with Crippen molar-refractivity contribution in [3.63, 3.8) is 0 Å². The lowest BCUT2D eigenvalue weighted by Gasteiger charge is -2.17. The number of rotatable bonds is 7. The molecule has 0 unspecified atom stereocenters. The molecule has 1 aromatic heterocycles. The van der Waals surface area contributed by atoms with Crippen LogP contribution in [0.3, 0.4) is 0 Å². The molecule has 1 heterocycles. The third kappa shape index (κ3) is 4.58. The highest BCUT2D eigenvalue weighted by Gasteiger charge is 2.30. The standard InChI is InChI=1S/C23H26N4O4S/c1-13-6-5-7-19(15(13)3)24-22(28)16(4)27-32(29,30)20-12-18(9-8-14(20)2)21-25-23(31-26-21)17-10-11-17/h5-9,12,16-17,27H,10-11H2,1-4H3,(H,24,28)/t16-/m0/s1. The van der Waals surface area contributed by atoms with Crippen LogP contribution >= 0.6 is 0 Å². The molecule has 8 nitrogen and oxygen atoms in total. The molecule has 4 rings (SSSR count). The number of nitrogens with one attached hydrogen (secondary N) is 2. The molecular weight excluding hydrogens is 428 g/mol. The SMILES string of the molecule is Cc1ccc(-c2noc(C3CC3)n2)cc1S(=O)(=O)N[C@@H](C)C(=O)Nc1cccc(C)c1C. The number of carbonyl (C=O) groups excluding carboxylic acids is 1. The zero-order valence-electron chi connectivity index (χ0n) is 18.5. The molecule has 2 aromatic carbocycles. The van der Waals surface area contributed by atoms with Crippen LogP contribution in [0, 0.1) is 20.8 Å². The Morgan fingerprint density at radius 1 is 1.12 bits per heavy atom. The summed E-state index contributed by atoms with van der Waals surface area (Å²) in [5.74, 6) is 0.801. The van der Waals surface area contributed by atoms with Gasteiger partial charge >= 0.3 is 0 Å². The van der Waals surface area contributed by atoms with Gasteiger partial charge in [0.15, 0.2) is 0 Å². The number of amides is 1. The molecule has 1 fully saturated rings. The minimum absolute atomic E-state index is 0.0687. The fourth-order valence-electron chi connectivity index (χ4n) is 3.35. The van der Waals surface area contributed by atoms with Crippen LogP contribution in [0.4, 0.5) is 5.69 Å². The number of hydrogen-bond donors (Lipinski definition) is 2. The van der Waals surface area contributed by atoms with Gasteiger partial charge in [0, 0.05) is 17.2 Å². The van der Waals surface area contributed by atoms with Gasteiger partial charge in [-0.15, -0.1) is 0 Å². The summed E-state index contributed by atoms with van der Waals surface area (Å²) in [6, 6.07) is 9.56. The van der Waals surface area contributed by atoms with Crippen LogP contribution in [0.25, 0.3) is 11.4 Å². The largest absolute Gasteiger partial charge is 0.339 e. The second-order valence-electron chi connectivity index (χ2n) is 8.29. The third-order valence-electron chi connectivity index (χ3n) is 5.69. The maximum atomic E-state index is 13.1. The first-order valence-electron chi connectivity index (χ1n) is 10.5. The van der Waals surface area contributed by atoms with Crippen LogP contribution in [0.5, 0.6) is 0 Å². The molecule has 0 radical (unpaired) electrons. The van der Waals surface area contributed by atoms with Gasteiger partial charge in [-0.2, -0.15) is 9.71 Å². The van der Waals surface area contributed by atoms with Crippen LogP contribution in [-0.4, -0.2) is 30.5 Å². The first kappa shape index (κ1) is 22.2. The highest BCUT2D eigenvalue weighted by Crippen LogP contribution is 2.39. The predicted molar refractivity (Wildman–Crippen MR) is 121 cm³/mol. The summed E-state index contributed by atoms with van der Waals surface area (Å²) in [6.45, 7) is 7.06. The Hall–Kier alpha value is -3.04. The van der Waals surface area contributed by atoms with Gasteiger partial charge < -0.3 is 9.84 Å². The molecule has 1 saturated carbocycles. The molecule has 0 bridgehead atoms. The fraction of sp³-hybridized carbons (Fsp3) is 0.348. The lowest BCUT2D eigenvalue weighted by Crippen LogP contribution is -2.41. The van der Waals surface area contributed by atoms with Crippen LogP contribution in [0.15, 0.2) is 45.8 Å². The monoisotopic (exact) mass is 454 g/mol. The highest BCUT2D eigenvalue weighted by atomic mass is 32.2. The van der Waals surface area contributed by atoms with E-state index in [4.69, 9.17) is 4.52 Å². The number of sulfonamides is 1. The Kier molecular flexibility index (Phi) is 5.87. The average molecular weight is 455 g/mol. The molecular formula is C23H26N4O4S. The summed E-state index contributed by atoms with van der Waals surface area (Å²) >= 11 is 0. The summed E-state index contributed by atoms with van der Waals surface area (Å²) in [5, 5.41) is 6.78. The topological polar surface area (TPSA) is 114 Å². The van der Waals surface area contributed by atoms with E-state index in [1.165, 1.54) is 13.0 Å². The number of aryl methyl sites for hydroxylation is 2. The number of carbonyl (C=O) groups is 1. The van der Waals surface area contributed by atoms with Crippen LogP contribution < -0.4 is 10.0 Å². The van der Waals surface area contributed by atoms with E-state index in [1.807, 2.05) is 26.0 Å². The number of anilines is 1. The maximum absolute atomic E-state index is 13.1. The highest BCUT2D eigenvalue weighted by molar-refractivity contribution is 7.89. The summed E-state index contributed by atoms with van der Waals surface area (Å²) in [4.78, 5) is 17.1. The minimum Gasteiger partial charge on any atom is -0.339 e. The van der Waals surface area contributed by atoms with Crippen molar-refractivity contribution >= 4 is 21.6 Å². The van der Waals surface area contributed by atoms with Crippen LogP contribution in [0.2, 0.25) is 0 Å². The molecule has 0 saturated heterocycles. The Bertz CT molecular complexity index is 1280. The quantitative estimate of drug-likeness (QED) is 0.561. The predicted octanol–water partition coefficient (Wildman–Crippen LogP) is 3.84. The van der Waals surface area contributed by atoms with Crippen LogP contribution in [-0.2, 0) is 14.8 Å². The molecule has 1 atom stereocenters. The Balaban J connectivity index is 1.53. The second kappa shape index (κ2) is 8.48. The molecule has 1 amide bonds. The molecule has 0 aliphatic heterocycles. The smallest absolute Gasteiger partial charge is 0.242 e. The van der Waals surface area contributed by atoms with Crippen molar-refractivity contribution in [3.8, 4) is 11.4 Å². The summed E-state index contributed by atoms with van der Waals surface area (Å²) in [7, 11) is -3.97. The normalized spacial score (nSPS) is 14.9. The molecule has 9 heteroatoms. The van der Waals surface area contributed by atoms with Crippen LogP contribution in [0.1, 0.15) is 48.3 Å². The summed E-state index contributed by atoms with van der Waals surface area (Å²) in [5.41, 5.74) is 3.72. The van der Waals surface area contributed by atoms with E-state index in [0.29, 0.717) is 34.4 Å². The number of aromatic nitrogens is 2. The number of nitrogens with zero attached hydrogens (tertiary/aromatic N) is 2. The average Bonchev–Trinajstić information content (AvgIpc) is 3.48. The van der Waals surface area contributed by atoms with Crippen molar-refractivity contribution in [2.24, 2.45) is 0 Å². The first-order valence-corrected chi connectivity index (χ1v) is 12.0. The van der Waals surface area contributed by atoms with Crippen molar-refractivity contribution in [2.45, 2.75) is 57.4 Å². The van der Waals surface area contributed by atoms with Gasteiger partial charge in [-0.1, -0.05) is 29.4 Å². The van der Waals surface area contributed by atoms with Crippen molar-refractivity contribution in [3.05, 3.63) is 59.0 Å². The first-order chi connectivity index (χ1) is 15.2. The lowest BCUT2D eigenvalue weighted by molar-refractivity contribution is -0.117. The summed E-state index contributed by atoms with van der Waals surface area (Å²) < 4.78 is 34.0. The van der Waals surface area contributed by atoms with E-state index in [9.17, 15) is 13.2 Å². The zero-order chi connectivity index (χ0) is 23.0. The van der Waals surface area contributed by atoms with E-state index in [0.717, 1.165) is 24.0 Å². The number of hydrogen-bond acceptors (Lipinski definition) is 6. The molecule has 1 aliphatic rings.